The Morgan fingerprint density at radius 2 is 1.77 bits per heavy atom. The van der Waals surface area contributed by atoms with Crippen LogP contribution in [-0.4, -0.2) is 58.1 Å². The van der Waals surface area contributed by atoms with Crippen LogP contribution >= 0.6 is 0 Å². The van der Waals surface area contributed by atoms with Gasteiger partial charge in [-0.05, 0) is 43.3 Å². The number of carbonyl (C=O) groups is 3. The van der Waals surface area contributed by atoms with Crippen LogP contribution < -0.4 is 0 Å². The largest absolute Gasteiger partial charge is 0.335 e. The van der Waals surface area contributed by atoms with Crippen LogP contribution in [0.1, 0.15) is 27.8 Å². The van der Waals surface area contributed by atoms with Crippen molar-refractivity contribution in [3.63, 3.8) is 0 Å². The molecule has 0 bridgehead atoms. The number of halogens is 1. The summed E-state index contributed by atoms with van der Waals surface area (Å²) in [7, 11) is 0. The van der Waals surface area contributed by atoms with E-state index in [0.29, 0.717) is 29.6 Å². The summed E-state index contributed by atoms with van der Waals surface area (Å²) in [5, 5.41) is 0.556. The lowest BCUT2D eigenvalue weighted by atomic mass is 10.1. The van der Waals surface area contributed by atoms with E-state index in [9.17, 15) is 18.8 Å². The number of aromatic nitrogens is 1. The second kappa shape index (κ2) is 8.02. The summed E-state index contributed by atoms with van der Waals surface area (Å²) in [6.45, 7) is 2.77. The summed E-state index contributed by atoms with van der Waals surface area (Å²) >= 11 is 0. The SMILES string of the molecule is CC1CN(C(=O)c2ccccc2)CCN1C(=O)C(=O)c1ccc2cc(F)ccc2n1. The third kappa shape index (κ3) is 3.78. The number of amides is 2. The minimum atomic E-state index is -0.712. The van der Waals surface area contributed by atoms with Crippen molar-refractivity contribution in [1.29, 1.82) is 0 Å². The molecule has 1 aliphatic heterocycles. The molecular weight excluding hydrogens is 385 g/mol. The molecule has 1 saturated heterocycles. The average molecular weight is 405 g/mol. The fraction of sp³-hybridized carbons (Fsp3) is 0.217. The second-order valence-electron chi connectivity index (χ2n) is 7.33. The standard InChI is InChI=1S/C23H20FN3O3/c1-15-14-26(22(29)16-5-3-2-4-6-16)11-12-27(15)23(30)21(28)20-9-7-17-13-18(24)8-10-19(17)25-20/h2-10,13,15H,11-12,14H2,1H3. The molecule has 0 N–H and O–H groups in total. The van der Waals surface area contributed by atoms with Gasteiger partial charge in [0, 0.05) is 36.6 Å². The predicted molar refractivity (Wildman–Crippen MR) is 110 cm³/mol. The number of rotatable bonds is 3. The summed E-state index contributed by atoms with van der Waals surface area (Å²) < 4.78 is 13.3. The topological polar surface area (TPSA) is 70.6 Å². The molecule has 2 heterocycles. The lowest BCUT2D eigenvalue weighted by Gasteiger charge is -2.39. The lowest BCUT2D eigenvalue weighted by molar-refractivity contribution is -0.130. The molecule has 2 amide bonds. The van der Waals surface area contributed by atoms with E-state index in [1.165, 1.54) is 29.2 Å². The smallest absolute Gasteiger partial charge is 0.297 e. The predicted octanol–water partition coefficient (Wildman–Crippen LogP) is 2.93. The van der Waals surface area contributed by atoms with Crippen LogP contribution in [0.3, 0.4) is 0 Å². The normalized spacial score (nSPS) is 16.5. The zero-order chi connectivity index (χ0) is 21.3. The van der Waals surface area contributed by atoms with Crippen molar-refractivity contribution >= 4 is 28.5 Å². The summed E-state index contributed by atoms with van der Waals surface area (Å²) in [5.41, 5.74) is 1.06. The zero-order valence-corrected chi connectivity index (χ0v) is 16.4. The van der Waals surface area contributed by atoms with Crippen LogP contribution in [0.15, 0.2) is 60.7 Å². The van der Waals surface area contributed by atoms with Gasteiger partial charge in [-0.1, -0.05) is 24.3 Å². The van der Waals surface area contributed by atoms with Crippen molar-refractivity contribution in [1.82, 2.24) is 14.8 Å². The van der Waals surface area contributed by atoms with E-state index < -0.39 is 17.5 Å². The zero-order valence-electron chi connectivity index (χ0n) is 16.4. The highest BCUT2D eigenvalue weighted by Gasteiger charge is 2.33. The number of carbonyl (C=O) groups excluding carboxylic acids is 3. The number of ketones is 1. The first-order valence-electron chi connectivity index (χ1n) is 9.70. The Hall–Kier alpha value is -3.61. The molecular formula is C23H20FN3O3. The summed E-state index contributed by atoms with van der Waals surface area (Å²) in [6, 6.07) is 15.7. The molecule has 4 rings (SSSR count). The molecule has 6 nitrogen and oxygen atoms in total. The van der Waals surface area contributed by atoms with Crippen LogP contribution in [0.2, 0.25) is 0 Å². The van der Waals surface area contributed by atoms with Gasteiger partial charge in [-0.3, -0.25) is 14.4 Å². The van der Waals surface area contributed by atoms with E-state index in [2.05, 4.69) is 4.98 Å². The van der Waals surface area contributed by atoms with Gasteiger partial charge in [-0.15, -0.1) is 0 Å². The Morgan fingerprint density at radius 1 is 1.00 bits per heavy atom. The molecule has 2 aromatic carbocycles. The second-order valence-corrected chi connectivity index (χ2v) is 7.33. The highest BCUT2D eigenvalue weighted by molar-refractivity contribution is 6.42. The molecule has 0 spiro atoms. The molecule has 0 radical (unpaired) electrons. The molecule has 1 aromatic heterocycles. The van der Waals surface area contributed by atoms with Crippen LogP contribution in [0.5, 0.6) is 0 Å². The first kappa shape index (κ1) is 19.7. The van der Waals surface area contributed by atoms with Crippen molar-refractivity contribution in [3.8, 4) is 0 Å². The lowest BCUT2D eigenvalue weighted by Crippen LogP contribution is -2.56. The van der Waals surface area contributed by atoms with Crippen molar-refractivity contribution in [2.24, 2.45) is 0 Å². The van der Waals surface area contributed by atoms with Gasteiger partial charge in [0.1, 0.15) is 11.5 Å². The monoisotopic (exact) mass is 405 g/mol. The third-order valence-corrected chi connectivity index (χ3v) is 5.27. The van der Waals surface area contributed by atoms with E-state index in [1.54, 1.807) is 35.2 Å². The fourth-order valence-electron chi connectivity index (χ4n) is 3.67. The van der Waals surface area contributed by atoms with Gasteiger partial charge in [0.25, 0.3) is 17.6 Å². The number of nitrogens with zero attached hydrogens (tertiary/aromatic N) is 3. The number of hydrogen-bond donors (Lipinski definition) is 0. The van der Waals surface area contributed by atoms with Crippen molar-refractivity contribution < 1.29 is 18.8 Å². The van der Waals surface area contributed by atoms with Gasteiger partial charge in [0.05, 0.1) is 5.52 Å². The molecule has 152 valence electrons. The van der Waals surface area contributed by atoms with E-state index in [1.807, 2.05) is 13.0 Å². The fourth-order valence-corrected chi connectivity index (χ4v) is 3.67. The van der Waals surface area contributed by atoms with Gasteiger partial charge < -0.3 is 9.80 Å². The highest BCUT2D eigenvalue weighted by Crippen LogP contribution is 2.17. The number of piperazine rings is 1. The van der Waals surface area contributed by atoms with Gasteiger partial charge in [-0.2, -0.15) is 0 Å². The van der Waals surface area contributed by atoms with Crippen molar-refractivity contribution in [2.75, 3.05) is 19.6 Å². The molecule has 3 aromatic rings. The van der Waals surface area contributed by atoms with E-state index in [-0.39, 0.29) is 24.2 Å². The maximum absolute atomic E-state index is 13.3. The Balaban J connectivity index is 1.47. The maximum Gasteiger partial charge on any atom is 0.297 e. The van der Waals surface area contributed by atoms with Crippen LogP contribution in [0.4, 0.5) is 4.39 Å². The quantitative estimate of drug-likeness (QED) is 0.496. The molecule has 7 heteroatoms. The molecule has 0 aliphatic carbocycles. The highest BCUT2D eigenvalue weighted by atomic mass is 19.1. The van der Waals surface area contributed by atoms with Gasteiger partial charge in [0.15, 0.2) is 0 Å². The summed E-state index contributed by atoms with van der Waals surface area (Å²) in [5.74, 6) is -1.85. The number of pyridine rings is 1. The van der Waals surface area contributed by atoms with Crippen LogP contribution in [0, 0.1) is 5.82 Å². The van der Waals surface area contributed by atoms with Crippen LogP contribution in [-0.2, 0) is 4.79 Å². The molecule has 1 fully saturated rings. The Kier molecular flexibility index (Phi) is 5.27. The maximum atomic E-state index is 13.3. The molecule has 30 heavy (non-hydrogen) atoms. The Bertz CT molecular complexity index is 1130. The Morgan fingerprint density at radius 3 is 2.50 bits per heavy atom. The Labute approximate surface area is 172 Å². The molecule has 1 aliphatic rings. The number of fused-ring (bicyclic) bond motifs is 1. The minimum Gasteiger partial charge on any atom is -0.335 e. The average Bonchev–Trinajstić information content (AvgIpc) is 2.77. The van der Waals surface area contributed by atoms with E-state index >= 15 is 0 Å². The van der Waals surface area contributed by atoms with Crippen LogP contribution in [0.25, 0.3) is 10.9 Å². The van der Waals surface area contributed by atoms with Gasteiger partial charge in [-0.25, -0.2) is 9.37 Å². The number of Topliss-reactive ketones (excluding diaryl/α,β-unsaturated/α-hetero) is 1. The van der Waals surface area contributed by atoms with Crippen molar-refractivity contribution in [3.05, 3.63) is 77.7 Å². The summed E-state index contributed by atoms with van der Waals surface area (Å²) in [4.78, 5) is 45.6. The third-order valence-electron chi connectivity index (χ3n) is 5.27. The van der Waals surface area contributed by atoms with Gasteiger partial charge >= 0.3 is 0 Å². The summed E-state index contributed by atoms with van der Waals surface area (Å²) in [6.07, 6.45) is 0. The van der Waals surface area contributed by atoms with Crippen molar-refractivity contribution in [2.45, 2.75) is 13.0 Å². The molecule has 1 unspecified atom stereocenters. The van der Waals surface area contributed by atoms with E-state index in [4.69, 9.17) is 0 Å². The first-order valence-corrected chi connectivity index (χ1v) is 9.70. The minimum absolute atomic E-state index is 0.0223. The number of benzene rings is 2. The molecule has 1 atom stereocenters. The number of hydrogen-bond acceptors (Lipinski definition) is 4. The molecule has 0 saturated carbocycles. The van der Waals surface area contributed by atoms with E-state index in [0.717, 1.165) is 0 Å². The van der Waals surface area contributed by atoms with Gasteiger partial charge in [0.2, 0.25) is 0 Å². The first-order chi connectivity index (χ1) is 14.4.